The molecule has 0 aliphatic carbocycles. The number of nitrogens with one attached hydrogen (secondary N) is 1. The van der Waals surface area contributed by atoms with E-state index in [2.05, 4.69) is 58.2 Å². The molecule has 0 fully saturated rings. The summed E-state index contributed by atoms with van der Waals surface area (Å²) in [5, 5.41) is 12.3. The van der Waals surface area contributed by atoms with Crippen LogP contribution in [0.3, 0.4) is 0 Å². The molecule has 0 saturated heterocycles. The van der Waals surface area contributed by atoms with Gasteiger partial charge in [0, 0.05) is 17.1 Å². The third-order valence-corrected chi connectivity index (χ3v) is 6.14. The Morgan fingerprint density at radius 3 is 2.25 bits per heavy atom. The van der Waals surface area contributed by atoms with Crippen molar-refractivity contribution in [2.45, 2.75) is 43.1 Å². The monoisotopic (exact) mass is 412 g/mol. The van der Waals surface area contributed by atoms with Crippen molar-refractivity contribution >= 4 is 35.1 Å². The molecule has 0 aliphatic rings. The third kappa shape index (κ3) is 5.62. The van der Waals surface area contributed by atoms with Crippen molar-refractivity contribution in [3.63, 3.8) is 0 Å². The number of benzene rings is 2. The summed E-state index contributed by atoms with van der Waals surface area (Å²) >= 11 is 3.16. The summed E-state index contributed by atoms with van der Waals surface area (Å²) < 4.78 is 2.07. The lowest BCUT2D eigenvalue weighted by molar-refractivity contribution is -0.113. The van der Waals surface area contributed by atoms with E-state index >= 15 is 0 Å². The van der Waals surface area contributed by atoms with Crippen LogP contribution in [-0.2, 0) is 17.1 Å². The Kier molecular flexibility index (Phi) is 7.17. The van der Waals surface area contributed by atoms with Gasteiger partial charge in [-0.2, -0.15) is 0 Å². The molecule has 0 saturated carbocycles. The Bertz CT molecular complexity index is 921. The number of thioether (sulfide) groups is 2. The molecule has 1 heterocycles. The number of carbonyl (C=O) groups excluding carboxylic acids is 1. The normalized spacial score (nSPS) is 10.8. The quantitative estimate of drug-likeness (QED) is 0.531. The van der Waals surface area contributed by atoms with E-state index in [1.54, 1.807) is 11.8 Å². The number of anilines is 1. The highest BCUT2D eigenvalue weighted by Gasteiger charge is 2.13. The summed E-state index contributed by atoms with van der Waals surface area (Å²) in [6.45, 7) is 6.95. The predicted octanol–water partition coefficient (Wildman–Crippen LogP) is 4.94. The summed E-state index contributed by atoms with van der Waals surface area (Å²) in [5.74, 6) is 1.93. The summed E-state index contributed by atoms with van der Waals surface area (Å²) in [4.78, 5) is 13.4. The number of hydrogen-bond donors (Lipinski definition) is 1. The molecule has 3 aromatic rings. The van der Waals surface area contributed by atoms with Gasteiger partial charge in [-0.15, -0.1) is 22.0 Å². The smallest absolute Gasteiger partial charge is 0.234 e. The van der Waals surface area contributed by atoms with Crippen LogP contribution in [0.2, 0.25) is 0 Å². The highest BCUT2D eigenvalue weighted by molar-refractivity contribution is 7.99. The second-order valence-corrected chi connectivity index (χ2v) is 8.44. The maximum atomic E-state index is 12.2. The maximum absolute atomic E-state index is 12.2. The first-order valence-corrected chi connectivity index (χ1v) is 11.1. The molecule has 0 aliphatic heterocycles. The van der Waals surface area contributed by atoms with E-state index in [1.807, 2.05) is 31.2 Å². The van der Waals surface area contributed by atoms with Crippen molar-refractivity contribution in [3.05, 3.63) is 65.5 Å². The molecule has 0 bridgehead atoms. The molecule has 2 aromatic carbocycles. The van der Waals surface area contributed by atoms with Crippen LogP contribution in [0, 0.1) is 13.8 Å². The van der Waals surface area contributed by atoms with Crippen LogP contribution in [0.1, 0.15) is 23.9 Å². The Morgan fingerprint density at radius 2 is 1.61 bits per heavy atom. The van der Waals surface area contributed by atoms with Gasteiger partial charge in [-0.25, -0.2) is 0 Å². The van der Waals surface area contributed by atoms with Crippen LogP contribution in [0.25, 0.3) is 0 Å². The third-order valence-electron chi connectivity index (χ3n) is 4.17. The molecular formula is C21H24N4OS2. The van der Waals surface area contributed by atoms with E-state index in [4.69, 9.17) is 0 Å². The number of carbonyl (C=O) groups is 1. The van der Waals surface area contributed by atoms with E-state index in [9.17, 15) is 4.79 Å². The summed E-state index contributed by atoms with van der Waals surface area (Å²) in [5.41, 5.74) is 3.23. The molecule has 0 spiro atoms. The molecule has 3 rings (SSSR count). The van der Waals surface area contributed by atoms with Crippen LogP contribution in [0.15, 0.2) is 58.6 Å². The Labute approximate surface area is 174 Å². The zero-order valence-corrected chi connectivity index (χ0v) is 17.9. The molecule has 7 heteroatoms. The first-order valence-electron chi connectivity index (χ1n) is 9.16. The zero-order valence-electron chi connectivity index (χ0n) is 16.3. The number of amides is 1. The maximum Gasteiger partial charge on any atom is 0.234 e. The lowest BCUT2D eigenvalue weighted by Gasteiger charge is -2.08. The first kappa shape index (κ1) is 20.5. The highest BCUT2D eigenvalue weighted by Crippen LogP contribution is 2.25. The molecule has 1 N–H and O–H groups in total. The molecule has 1 amide bonds. The fourth-order valence-electron chi connectivity index (χ4n) is 2.60. The van der Waals surface area contributed by atoms with Gasteiger partial charge in [-0.1, -0.05) is 47.2 Å². The molecule has 1 aromatic heterocycles. The number of hydrogen-bond acceptors (Lipinski definition) is 5. The summed E-state index contributed by atoms with van der Waals surface area (Å²) in [6.07, 6.45) is 0. The van der Waals surface area contributed by atoms with Crippen LogP contribution < -0.4 is 5.32 Å². The number of rotatable bonds is 8. The highest BCUT2D eigenvalue weighted by atomic mass is 32.2. The van der Waals surface area contributed by atoms with Crippen LogP contribution >= 0.6 is 23.5 Å². The van der Waals surface area contributed by atoms with Gasteiger partial charge in [0.1, 0.15) is 5.82 Å². The van der Waals surface area contributed by atoms with Gasteiger partial charge in [-0.3, -0.25) is 4.79 Å². The van der Waals surface area contributed by atoms with Crippen LogP contribution in [0.5, 0.6) is 0 Å². The standard InChI is InChI=1S/C21H24N4OS2/c1-4-25-19(13-27-18-11-7-16(3)8-12-18)23-24-21(25)28-14-20(26)22-17-9-5-15(2)6-10-17/h5-12H,4,13-14H2,1-3H3,(H,22,26). The average Bonchev–Trinajstić information content (AvgIpc) is 3.09. The molecule has 0 atom stereocenters. The summed E-state index contributed by atoms with van der Waals surface area (Å²) in [7, 11) is 0. The largest absolute Gasteiger partial charge is 0.325 e. The number of aromatic nitrogens is 3. The van der Waals surface area contributed by atoms with Gasteiger partial charge in [0.25, 0.3) is 0 Å². The van der Waals surface area contributed by atoms with Gasteiger partial charge in [0.2, 0.25) is 5.91 Å². The van der Waals surface area contributed by atoms with Gasteiger partial charge in [-0.05, 0) is 45.0 Å². The second kappa shape index (κ2) is 9.80. The Balaban J connectivity index is 1.56. The van der Waals surface area contributed by atoms with Crippen LogP contribution in [0.4, 0.5) is 5.69 Å². The molecule has 5 nitrogen and oxygen atoms in total. The molecule has 0 unspecified atom stereocenters. The van der Waals surface area contributed by atoms with Gasteiger partial charge < -0.3 is 9.88 Å². The molecule has 146 valence electrons. The number of aryl methyl sites for hydroxylation is 2. The Morgan fingerprint density at radius 1 is 0.964 bits per heavy atom. The van der Waals surface area contributed by atoms with Crippen molar-refractivity contribution in [2.75, 3.05) is 11.1 Å². The SMILES string of the molecule is CCn1c(CSc2ccc(C)cc2)nnc1SCC(=O)Nc1ccc(C)cc1. The average molecular weight is 413 g/mol. The van der Waals surface area contributed by atoms with E-state index in [0.29, 0.717) is 5.75 Å². The first-order chi connectivity index (χ1) is 13.5. The number of nitrogens with zero attached hydrogens (tertiary/aromatic N) is 3. The van der Waals surface area contributed by atoms with Gasteiger partial charge in [0.15, 0.2) is 5.16 Å². The topological polar surface area (TPSA) is 59.8 Å². The lowest BCUT2D eigenvalue weighted by atomic mass is 10.2. The summed E-state index contributed by atoms with van der Waals surface area (Å²) in [6, 6.07) is 16.2. The minimum Gasteiger partial charge on any atom is -0.325 e. The minimum atomic E-state index is -0.0462. The second-order valence-electron chi connectivity index (χ2n) is 6.45. The lowest BCUT2D eigenvalue weighted by Crippen LogP contribution is -2.14. The van der Waals surface area contributed by atoms with Crippen molar-refractivity contribution in [2.24, 2.45) is 0 Å². The zero-order chi connectivity index (χ0) is 19.9. The fraction of sp³-hybridized carbons (Fsp3) is 0.286. The molecule has 28 heavy (non-hydrogen) atoms. The Hall–Kier alpha value is -2.25. The minimum absolute atomic E-state index is 0.0462. The van der Waals surface area contributed by atoms with Crippen LogP contribution in [-0.4, -0.2) is 26.4 Å². The van der Waals surface area contributed by atoms with E-state index in [-0.39, 0.29) is 5.91 Å². The van der Waals surface area contributed by atoms with Crippen molar-refractivity contribution in [3.8, 4) is 0 Å². The van der Waals surface area contributed by atoms with Crippen molar-refractivity contribution in [1.29, 1.82) is 0 Å². The van der Waals surface area contributed by atoms with Crippen molar-refractivity contribution < 1.29 is 4.79 Å². The fourth-order valence-corrected chi connectivity index (χ4v) is 4.26. The van der Waals surface area contributed by atoms with E-state index < -0.39 is 0 Å². The molecular weight excluding hydrogens is 388 g/mol. The van der Waals surface area contributed by atoms with Gasteiger partial charge >= 0.3 is 0 Å². The van der Waals surface area contributed by atoms with E-state index in [0.717, 1.165) is 29.0 Å². The van der Waals surface area contributed by atoms with Crippen molar-refractivity contribution in [1.82, 2.24) is 14.8 Å². The van der Waals surface area contributed by atoms with E-state index in [1.165, 1.54) is 27.8 Å². The van der Waals surface area contributed by atoms with Gasteiger partial charge in [0.05, 0.1) is 11.5 Å². The predicted molar refractivity (Wildman–Crippen MR) is 117 cm³/mol. The molecule has 0 radical (unpaired) electrons.